The number of amides is 4. The van der Waals surface area contributed by atoms with Crippen molar-refractivity contribution in [3.05, 3.63) is 165 Å². The standard InChI is InChI=1S/C28H25ClN6O4.C24H17ClN6O4/c1-28(2,3)39-27(38)16-6-4-8-20(11-16)32-23-14-22(31-21-9-5-7-19(29)13-21)33-25-18(15-30-35(23)25)10-17-12-24(36)34-26(17)37;25-16-4-2-6-18(10-16)27-19-11-20(28-17-5-1-3-13(8-17)24(34)35)31-22(29-19)15(12-26-31)7-14-9-21(32)30-23(14)33/h4-11,13-15,32H,12H2,1-3H3,(H,31,33)(H,34,36,37);1-8,10-12,28H,9H2,(H,27,29)(H,34,35)(H,30,32,33)/b17-10+;14-7+. The van der Waals surface area contributed by atoms with Gasteiger partial charge in [-0.15, -0.1) is 0 Å². The summed E-state index contributed by atoms with van der Waals surface area (Å²) in [5.74, 6) is -1.16. The number of nitrogens with zero attached hydrogens (tertiary/aromatic N) is 6. The quantitative estimate of drug-likeness (QED) is 0.0341. The average molecular weight is 1030 g/mol. The summed E-state index contributed by atoms with van der Waals surface area (Å²) in [6.07, 6.45) is 6.24. The number of carboxylic acid groups (broad SMARTS) is 1. The van der Waals surface area contributed by atoms with Crippen molar-refractivity contribution in [2.24, 2.45) is 0 Å². The van der Waals surface area contributed by atoms with Crippen LogP contribution in [-0.4, -0.2) is 75.5 Å². The zero-order valence-electron chi connectivity index (χ0n) is 39.4. The molecule has 74 heavy (non-hydrogen) atoms. The highest BCUT2D eigenvalue weighted by molar-refractivity contribution is 6.31. The lowest BCUT2D eigenvalue weighted by atomic mass is 10.1. The summed E-state index contributed by atoms with van der Waals surface area (Å²) in [6, 6.07) is 31.0. The molecule has 6 heterocycles. The first-order valence-electron chi connectivity index (χ1n) is 22.5. The fourth-order valence-corrected chi connectivity index (χ4v) is 7.98. The van der Waals surface area contributed by atoms with E-state index < -0.39 is 29.4 Å². The Labute approximate surface area is 430 Å². The summed E-state index contributed by atoms with van der Waals surface area (Å²) >= 11 is 12.3. The molecule has 0 saturated carbocycles. The number of aromatic nitrogens is 6. The van der Waals surface area contributed by atoms with E-state index in [0.29, 0.717) is 89.5 Å². The first-order valence-corrected chi connectivity index (χ1v) is 23.3. The van der Waals surface area contributed by atoms with E-state index in [0.717, 1.165) is 5.69 Å². The lowest BCUT2D eigenvalue weighted by molar-refractivity contribution is -0.125. The van der Waals surface area contributed by atoms with E-state index in [4.69, 9.17) is 32.9 Å². The normalized spacial score (nSPS) is 14.4. The highest BCUT2D eigenvalue weighted by Gasteiger charge is 2.26. The summed E-state index contributed by atoms with van der Waals surface area (Å²) < 4.78 is 8.60. The van der Waals surface area contributed by atoms with Gasteiger partial charge in [0.05, 0.1) is 36.4 Å². The molecule has 0 radical (unpaired) electrons. The van der Waals surface area contributed by atoms with Crippen LogP contribution in [0.2, 0.25) is 10.0 Å². The SMILES string of the molecule is CC(C)(C)OC(=O)c1cccc(Nc2cc(Nc3cccc(Cl)c3)nc3c(/C=C4\CC(=O)NC4=O)cnn23)c1.O=C1C/C(=C\c2cnn3c(Nc4cccc(C(=O)O)c4)cc(Nc4cccc(Cl)c4)nc23)C(=O)N1. The van der Waals surface area contributed by atoms with Gasteiger partial charge in [-0.1, -0.05) is 47.5 Å². The molecule has 20 nitrogen and oxygen atoms in total. The Hall–Kier alpha value is -9.40. The number of esters is 1. The monoisotopic (exact) mass is 1030 g/mol. The van der Waals surface area contributed by atoms with Crippen LogP contribution < -0.4 is 31.9 Å². The Bertz CT molecular complexity index is 3670. The number of hydrogen-bond donors (Lipinski definition) is 7. The van der Waals surface area contributed by atoms with Crippen LogP contribution in [-0.2, 0) is 23.9 Å². The second-order valence-corrected chi connectivity index (χ2v) is 18.5. The first kappa shape index (κ1) is 49.6. The number of fused-ring (bicyclic) bond motifs is 2. The molecule has 0 unspecified atom stereocenters. The first-order chi connectivity index (χ1) is 35.4. The molecule has 0 bridgehead atoms. The van der Waals surface area contributed by atoms with Gasteiger partial charge < -0.3 is 31.1 Å². The molecular weight excluding hydrogens is 992 g/mol. The molecule has 4 aromatic carbocycles. The molecule has 2 saturated heterocycles. The highest BCUT2D eigenvalue weighted by Crippen LogP contribution is 2.30. The van der Waals surface area contributed by atoms with Crippen molar-refractivity contribution in [1.82, 2.24) is 39.8 Å². The Morgan fingerprint density at radius 2 is 1.03 bits per heavy atom. The van der Waals surface area contributed by atoms with Crippen molar-refractivity contribution in [2.45, 2.75) is 39.2 Å². The molecule has 0 atom stereocenters. The maximum atomic E-state index is 12.6. The summed E-state index contributed by atoms with van der Waals surface area (Å²) in [5.41, 5.74) is 5.02. The molecule has 10 rings (SSSR count). The largest absolute Gasteiger partial charge is 0.478 e. The number of nitrogens with one attached hydrogen (secondary N) is 6. The van der Waals surface area contributed by atoms with Crippen molar-refractivity contribution in [1.29, 1.82) is 0 Å². The third kappa shape index (κ3) is 11.8. The van der Waals surface area contributed by atoms with Crippen LogP contribution in [0.1, 0.15) is 65.5 Å². The minimum absolute atomic E-state index is 0.0147. The van der Waals surface area contributed by atoms with Gasteiger partial charge in [-0.05, 0) is 106 Å². The summed E-state index contributed by atoms with van der Waals surface area (Å²) in [4.78, 5) is 80.8. The molecular formula is C52H42Cl2N12O8. The minimum Gasteiger partial charge on any atom is -0.478 e. The van der Waals surface area contributed by atoms with E-state index in [-0.39, 0.29) is 30.2 Å². The number of carbonyl (C=O) groups is 6. The van der Waals surface area contributed by atoms with Gasteiger partial charge in [-0.25, -0.2) is 19.6 Å². The number of carboxylic acids is 1. The van der Waals surface area contributed by atoms with E-state index in [9.17, 15) is 33.9 Å². The molecule has 4 amide bonds. The van der Waals surface area contributed by atoms with E-state index in [1.165, 1.54) is 22.8 Å². The highest BCUT2D eigenvalue weighted by atomic mass is 35.5. The summed E-state index contributed by atoms with van der Waals surface area (Å²) in [7, 11) is 0. The van der Waals surface area contributed by atoms with Crippen LogP contribution in [0.5, 0.6) is 0 Å². The number of anilines is 8. The fraction of sp³-hybridized carbons (Fsp3) is 0.115. The topological polar surface area (TPSA) is 264 Å². The van der Waals surface area contributed by atoms with Crippen molar-refractivity contribution in [2.75, 3.05) is 21.3 Å². The zero-order valence-corrected chi connectivity index (χ0v) is 40.9. The molecule has 0 aliphatic carbocycles. The van der Waals surface area contributed by atoms with E-state index in [1.54, 1.807) is 95.7 Å². The number of imide groups is 2. The van der Waals surface area contributed by atoms with Gasteiger partial charge in [0.25, 0.3) is 11.8 Å². The Kier molecular flexibility index (Phi) is 13.9. The third-order valence-corrected chi connectivity index (χ3v) is 11.3. The second kappa shape index (κ2) is 20.7. The zero-order chi connectivity index (χ0) is 52.3. The molecule has 2 aliphatic rings. The van der Waals surface area contributed by atoms with Gasteiger partial charge >= 0.3 is 11.9 Å². The molecule has 8 aromatic rings. The van der Waals surface area contributed by atoms with Crippen molar-refractivity contribution in [3.63, 3.8) is 0 Å². The number of carbonyl (C=O) groups excluding carboxylic acids is 5. The van der Waals surface area contributed by atoms with Gasteiger partial charge in [-0.3, -0.25) is 29.8 Å². The van der Waals surface area contributed by atoms with Crippen LogP contribution in [0.4, 0.5) is 46.0 Å². The predicted octanol–water partition coefficient (Wildman–Crippen LogP) is 9.25. The van der Waals surface area contributed by atoms with E-state index >= 15 is 0 Å². The molecule has 22 heteroatoms. The Morgan fingerprint density at radius 1 is 0.608 bits per heavy atom. The van der Waals surface area contributed by atoms with E-state index in [1.807, 2.05) is 45.0 Å². The Morgan fingerprint density at radius 3 is 1.43 bits per heavy atom. The van der Waals surface area contributed by atoms with Gasteiger partial charge in [0.1, 0.15) is 28.9 Å². The van der Waals surface area contributed by atoms with Crippen molar-refractivity contribution in [3.8, 4) is 0 Å². The van der Waals surface area contributed by atoms with Gasteiger partial charge in [-0.2, -0.15) is 19.2 Å². The lowest BCUT2D eigenvalue weighted by Crippen LogP contribution is -2.23. The number of rotatable bonds is 12. The van der Waals surface area contributed by atoms with Gasteiger partial charge in [0, 0.05) is 67.2 Å². The van der Waals surface area contributed by atoms with E-state index in [2.05, 4.69) is 47.1 Å². The predicted molar refractivity (Wildman–Crippen MR) is 279 cm³/mol. The average Bonchev–Trinajstić information content (AvgIpc) is 4.11. The number of benzene rings is 4. The Balaban J connectivity index is 0.000000183. The second-order valence-electron chi connectivity index (χ2n) is 17.7. The molecule has 7 N–H and O–H groups in total. The van der Waals surface area contributed by atoms with Gasteiger partial charge in [0.2, 0.25) is 11.8 Å². The third-order valence-electron chi connectivity index (χ3n) is 10.8. The minimum atomic E-state index is -1.05. The lowest BCUT2D eigenvalue weighted by Gasteiger charge is -2.19. The number of aromatic carboxylic acids is 1. The van der Waals surface area contributed by atoms with Crippen LogP contribution in [0, 0.1) is 0 Å². The molecule has 372 valence electrons. The van der Waals surface area contributed by atoms with Crippen molar-refractivity contribution >= 4 is 128 Å². The van der Waals surface area contributed by atoms with Crippen LogP contribution in [0.3, 0.4) is 0 Å². The molecule has 2 fully saturated rings. The number of ether oxygens (including phenoxy) is 1. The smallest absolute Gasteiger partial charge is 0.338 e. The van der Waals surface area contributed by atoms with Gasteiger partial charge in [0.15, 0.2) is 11.3 Å². The maximum Gasteiger partial charge on any atom is 0.338 e. The summed E-state index contributed by atoms with van der Waals surface area (Å²) in [6.45, 7) is 5.43. The maximum absolute atomic E-state index is 12.6. The molecule has 2 aliphatic heterocycles. The van der Waals surface area contributed by atoms with Crippen LogP contribution in [0.15, 0.2) is 133 Å². The number of hydrogen-bond acceptors (Lipinski definition) is 15. The van der Waals surface area contributed by atoms with Crippen LogP contribution >= 0.6 is 23.2 Å². The fourth-order valence-electron chi connectivity index (χ4n) is 7.60. The molecule has 0 spiro atoms. The van der Waals surface area contributed by atoms with Crippen LogP contribution in [0.25, 0.3) is 23.4 Å². The number of halogens is 2. The van der Waals surface area contributed by atoms with Crippen molar-refractivity contribution < 1.29 is 38.6 Å². The molecule has 4 aromatic heterocycles. The summed E-state index contributed by atoms with van der Waals surface area (Å²) in [5, 5.41) is 36.7.